The maximum atomic E-state index is 5.35. The molecule has 0 atom stereocenters. The van der Waals surface area contributed by atoms with Crippen LogP contribution in [0.25, 0.3) is 0 Å². The number of pyridine rings is 1. The molecular weight excluding hydrogens is 226 g/mol. The van der Waals surface area contributed by atoms with Gasteiger partial charge in [-0.3, -0.25) is 0 Å². The molecular formula is C14H21N3O. The van der Waals surface area contributed by atoms with Crippen molar-refractivity contribution < 1.29 is 4.74 Å². The highest BCUT2D eigenvalue weighted by Gasteiger charge is 2.17. The van der Waals surface area contributed by atoms with Crippen LogP contribution in [0.3, 0.4) is 0 Å². The molecule has 0 spiro atoms. The minimum absolute atomic E-state index is 0.809. The summed E-state index contributed by atoms with van der Waals surface area (Å²) in [7, 11) is 0. The Bertz CT molecular complexity index is 369. The number of hydrogen-bond donors (Lipinski definition) is 1. The summed E-state index contributed by atoms with van der Waals surface area (Å²) in [5, 5.41) is 3.47. The van der Waals surface area contributed by atoms with Gasteiger partial charge < -0.3 is 15.0 Å². The molecule has 4 heteroatoms. The van der Waals surface area contributed by atoms with E-state index in [0.717, 1.165) is 50.3 Å². The molecule has 0 bridgehead atoms. The van der Waals surface area contributed by atoms with Gasteiger partial charge in [-0.1, -0.05) is 6.42 Å². The van der Waals surface area contributed by atoms with Crippen molar-refractivity contribution in [1.82, 2.24) is 4.98 Å². The lowest BCUT2D eigenvalue weighted by molar-refractivity contribution is 0.122. The molecule has 2 heterocycles. The average Bonchev–Trinajstić information content (AvgIpc) is 2.39. The van der Waals surface area contributed by atoms with Crippen LogP contribution in [-0.2, 0) is 4.74 Å². The first kappa shape index (κ1) is 11.8. The molecule has 18 heavy (non-hydrogen) atoms. The summed E-state index contributed by atoms with van der Waals surface area (Å²) < 4.78 is 5.35. The number of nitrogens with zero attached hydrogens (tertiary/aromatic N) is 2. The summed E-state index contributed by atoms with van der Waals surface area (Å²) in [4.78, 5) is 6.81. The number of morpholine rings is 1. The third-order valence-corrected chi connectivity index (χ3v) is 3.90. The largest absolute Gasteiger partial charge is 0.384 e. The van der Waals surface area contributed by atoms with E-state index in [4.69, 9.17) is 4.74 Å². The van der Waals surface area contributed by atoms with E-state index in [1.54, 1.807) is 0 Å². The topological polar surface area (TPSA) is 37.4 Å². The molecule has 0 amide bonds. The molecule has 1 aromatic rings. The van der Waals surface area contributed by atoms with Gasteiger partial charge in [-0.15, -0.1) is 0 Å². The highest BCUT2D eigenvalue weighted by atomic mass is 16.5. The molecule has 1 aliphatic heterocycles. The monoisotopic (exact) mass is 247 g/mol. The number of nitrogens with one attached hydrogen (secondary N) is 1. The summed E-state index contributed by atoms with van der Waals surface area (Å²) in [5.41, 5.74) is 1.14. The van der Waals surface area contributed by atoms with Crippen LogP contribution in [-0.4, -0.2) is 37.8 Å². The standard InChI is InChI=1S/C14H21N3O/c1-2-12(3-1)10-15-13-4-5-14(16-11-13)17-6-8-18-9-7-17/h4-5,11-12,15H,1-3,6-10H2. The Kier molecular flexibility index (Phi) is 3.64. The molecule has 1 aromatic heterocycles. The zero-order valence-electron chi connectivity index (χ0n) is 10.8. The Morgan fingerprint density at radius 2 is 2.11 bits per heavy atom. The zero-order valence-corrected chi connectivity index (χ0v) is 10.8. The van der Waals surface area contributed by atoms with Gasteiger partial charge in [-0.25, -0.2) is 4.98 Å². The molecule has 0 unspecified atom stereocenters. The van der Waals surface area contributed by atoms with Crippen LogP contribution in [0.15, 0.2) is 18.3 Å². The van der Waals surface area contributed by atoms with Gasteiger partial charge in [0, 0.05) is 19.6 Å². The van der Waals surface area contributed by atoms with E-state index in [1.807, 2.05) is 6.20 Å². The van der Waals surface area contributed by atoms with E-state index < -0.39 is 0 Å². The van der Waals surface area contributed by atoms with Gasteiger partial charge in [-0.2, -0.15) is 0 Å². The van der Waals surface area contributed by atoms with Crippen LogP contribution in [0.2, 0.25) is 0 Å². The molecule has 4 nitrogen and oxygen atoms in total. The number of anilines is 2. The van der Waals surface area contributed by atoms with Gasteiger partial charge in [0.25, 0.3) is 0 Å². The first-order valence-electron chi connectivity index (χ1n) is 6.94. The smallest absolute Gasteiger partial charge is 0.128 e. The second-order valence-corrected chi connectivity index (χ2v) is 5.18. The Labute approximate surface area is 108 Å². The summed E-state index contributed by atoms with van der Waals surface area (Å²) in [6.45, 7) is 4.61. The predicted molar refractivity (Wildman–Crippen MR) is 73.1 cm³/mol. The molecule has 1 saturated carbocycles. The Morgan fingerprint density at radius 3 is 2.72 bits per heavy atom. The van der Waals surface area contributed by atoms with E-state index in [9.17, 15) is 0 Å². The fourth-order valence-corrected chi connectivity index (χ4v) is 2.43. The Hall–Kier alpha value is -1.29. The van der Waals surface area contributed by atoms with Crippen LogP contribution in [0.4, 0.5) is 11.5 Å². The Morgan fingerprint density at radius 1 is 1.28 bits per heavy atom. The van der Waals surface area contributed by atoms with Crippen LogP contribution in [0.1, 0.15) is 19.3 Å². The van der Waals surface area contributed by atoms with Crippen molar-refractivity contribution >= 4 is 11.5 Å². The van der Waals surface area contributed by atoms with Gasteiger partial charge in [-0.05, 0) is 30.9 Å². The van der Waals surface area contributed by atoms with Crippen molar-refractivity contribution in [3.63, 3.8) is 0 Å². The molecule has 2 fully saturated rings. The lowest BCUT2D eigenvalue weighted by Gasteiger charge is -2.28. The number of hydrogen-bond acceptors (Lipinski definition) is 4. The molecule has 1 aliphatic carbocycles. The first-order valence-corrected chi connectivity index (χ1v) is 6.94. The van der Waals surface area contributed by atoms with Crippen molar-refractivity contribution in [3.05, 3.63) is 18.3 Å². The maximum absolute atomic E-state index is 5.35. The van der Waals surface area contributed by atoms with Gasteiger partial charge in [0.1, 0.15) is 5.82 Å². The van der Waals surface area contributed by atoms with E-state index in [-0.39, 0.29) is 0 Å². The number of rotatable bonds is 4. The maximum Gasteiger partial charge on any atom is 0.128 e. The average molecular weight is 247 g/mol. The minimum Gasteiger partial charge on any atom is -0.384 e. The summed E-state index contributed by atoms with van der Waals surface area (Å²) in [6, 6.07) is 4.24. The highest BCUT2D eigenvalue weighted by Crippen LogP contribution is 2.26. The molecule has 0 aromatic carbocycles. The van der Waals surface area contributed by atoms with Crippen LogP contribution in [0.5, 0.6) is 0 Å². The van der Waals surface area contributed by atoms with E-state index >= 15 is 0 Å². The van der Waals surface area contributed by atoms with Gasteiger partial charge in [0.2, 0.25) is 0 Å². The summed E-state index contributed by atoms with van der Waals surface area (Å²) in [6.07, 6.45) is 6.11. The molecule has 2 aliphatic rings. The quantitative estimate of drug-likeness (QED) is 0.884. The zero-order chi connectivity index (χ0) is 12.2. The third-order valence-electron chi connectivity index (χ3n) is 3.90. The number of aromatic nitrogens is 1. The van der Waals surface area contributed by atoms with Gasteiger partial charge in [0.15, 0.2) is 0 Å². The lowest BCUT2D eigenvalue weighted by atomic mass is 9.85. The minimum atomic E-state index is 0.809. The SMILES string of the molecule is c1cc(N2CCOCC2)ncc1NCC1CCC1. The molecule has 1 N–H and O–H groups in total. The molecule has 3 rings (SSSR count). The van der Waals surface area contributed by atoms with Gasteiger partial charge in [0.05, 0.1) is 25.1 Å². The van der Waals surface area contributed by atoms with Crippen LogP contribution < -0.4 is 10.2 Å². The van der Waals surface area contributed by atoms with E-state index in [2.05, 4.69) is 27.3 Å². The normalized spacial score (nSPS) is 20.6. The predicted octanol–water partition coefficient (Wildman–Crippen LogP) is 2.13. The van der Waals surface area contributed by atoms with Crippen molar-refractivity contribution in [2.24, 2.45) is 5.92 Å². The second kappa shape index (κ2) is 5.57. The van der Waals surface area contributed by atoms with Crippen LogP contribution >= 0.6 is 0 Å². The lowest BCUT2D eigenvalue weighted by Crippen LogP contribution is -2.36. The summed E-state index contributed by atoms with van der Waals surface area (Å²) in [5.74, 6) is 1.94. The van der Waals surface area contributed by atoms with Crippen LogP contribution in [0, 0.1) is 5.92 Å². The van der Waals surface area contributed by atoms with E-state index in [1.165, 1.54) is 19.3 Å². The molecule has 1 saturated heterocycles. The number of ether oxygens (including phenoxy) is 1. The van der Waals surface area contributed by atoms with Crippen molar-refractivity contribution in [3.8, 4) is 0 Å². The molecule has 98 valence electrons. The van der Waals surface area contributed by atoms with Crippen molar-refractivity contribution in [2.45, 2.75) is 19.3 Å². The van der Waals surface area contributed by atoms with Crippen molar-refractivity contribution in [1.29, 1.82) is 0 Å². The van der Waals surface area contributed by atoms with Gasteiger partial charge >= 0.3 is 0 Å². The summed E-state index contributed by atoms with van der Waals surface area (Å²) >= 11 is 0. The fraction of sp³-hybridized carbons (Fsp3) is 0.643. The fourth-order valence-electron chi connectivity index (χ4n) is 2.43. The molecule has 0 radical (unpaired) electrons. The van der Waals surface area contributed by atoms with E-state index in [0.29, 0.717) is 0 Å². The Balaban J connectivity index is 1.54. The first-order chi connectivity index (χ1) is 8.92. The second-order valence-electron chi connectivity index (χ2n) is 5.18. The van der Waals surface area contributed by atoms with Crippen molar-refractivity contribution in [2.75, 3.05) is 43.1 Å². The highest BCUT2D eigenvalue weighted by molar-refractivity contribution is 5.48. The third kappa shape index (κ3) is 2.75.